The van der Waals surface area contributed by atoms with Gasteiger partial charge in [-0.05, 0) is 6.07 Å². The van der Waals surface area contributed by atoms with Gasteiger partial charge in [0, 0.05) is 23.5 Å². The standard InChI is InChI=1S/C5H6NS/c1-6-5-2-3-7-4-5/h2,4,6H,1H3. The third kappa shape index (κ3) is 0.933. The van der Waals surface area contributed by atoms with E-state index < -0.39 is 0 Å². The smallest absolute Gasteiger partial charge is 0.0464 e. The zero-order valence-corrected chi connectivity index (χ0v) is 4.88. The van der Waals surface area contributed by atoms with Gasteiger partial charge in [0.1, 0.15) is 0 Å². The summed E-state index contributed by atoms with van der Waals surface area (Å²) in [6.45, 7) is 0. The van der Waals surface area contributed by atoms with Crippen molar-refractivity contribution in [1.29, 1.82) is 0 Å². The molecule has 0 atom stereocenters. The highest BCUT2D eigenvalue weighted by molar-refractivity contribution is 7.07. The van der Waals surface area contributed by atoms with Gasteiger partial charge in [-0.2, -0.15) is 0 Å². The van der Waals surface area contributed by atoms with Crippen molar-refractivity contribution in [3.05, 3.63) is 16.8 Å². The van der Waals surface area contributed by atoms with Gasteiger partial charge in [-0.15, -0.1) is 11.3 Å². The summed E-state index contributed by atoms with van der Waals surface area (Å²) in [5.74, 6) is 0. The Morgan fingerprint density at radius 3 is 3.00 bits per heavy atom. The van der Waals surface area contributed by atoms with Crippen molar-refractivity contribution in [3.63, 3.8) is 0 Å². The highest BCUT2D eigenvalue weighted by Crippen LogP contribution is 2.08. The quantitative estimate of drug-likeness (QED) is 0.581. The van der Waals surface area contributed by atoms with E-state index in [1.165, 1.54) is 0 Å². The molecular formula is C5H6NS. The molecule has 0 aliphatic carbocycles. The van der Waals surface area contributed by atoms with E-state index in [-0.39, 0.29) is 0 Å². The Bertz CT molecular complexity index is 123. The van der Waals surface area contributed by atoms with Crippen molar-refractivity contribution >= 4 is 17.0 Å². The summed E-state index contributed by atoms with van der Waals surface area (Å²) in [7, 11) is 1.90. The van der Waals surface area contributed by atoms with Crippen LogP contribution >= 0.6 is 11.3 Å². The molecule has 0 aliphatic rings. The lowest BCUT2D eigenvalue weighted by atomic mass is 10.5. The molecule has 0 saturated carbocycles. The number of nitrogens with one attached hydrogen (secondary N) is 1. The van der Waals surface area contributed by atoms with Crippen LogP contribution in [0.5, 0.6) is 0 Å². The molecule has 7 heavy (non-hydrogen) atoms. The van der Waals surface area contributed by atoms with E-state index >= 15 is 0 Å². The Morgan fingerprint density at radius 1 is 1.86 bits per heavy atom. The minimum absolute atomic E-state index is 1.14. The molecule has 1 radical (unpaired) electrons. The second-order valence-electron chi connectivity index (χ2n) is 1.20. The monoisotopic (exact) mass is 112 g/mol. The van der Waals surface area contributed by atoms with E-state index in [0.29, 0.717) is 0 Å². The molecule has 0 bridgehead atoms. The van der Waals surface area contributed by atoms with Crippen molar-refractivity contribution in [1.82, 2.24) is 0 Å². The molecule has 0 saturated heterocycles. The van der Waals surface area contributed by atoms with Crippen LogP contribution in [0.1, 0.15) is 0 Å². The van der Waals surface area contributed by atoms with E-state index in [9.17, 15) is 0 Å². The number of anilines is 1. The lowest BCUT2D eigenvalue weighted by Gasteiger charge is -1.86. The Hall–Kier alpha value is -0.500. The number of hydrogen-bond acceptors (Lipinski definition) is 2. The molecule has 1 aromatic heterocycles. The lowest BCUT2D eigenvalue weighted by molar-refractivity contribution is 1.56. The fraction of sp³-hybridized carbons (Fsp3) is 0.200. The van der Waals surface area contributed by atoms with Crippen molar-refractivity contribution < 1.29 is 0 Å². The Morgan fingerprint density at radius 2 is 2.71 bits per heavy atom. The van der Waals surface area contributed by atoms with Crippen LogP contribution in [0.3, 0.4) is 0 Å². The summed E-state index contributed by atoms with van der Waals surface area (Å²) in [6.07, 6.45) is 0. The second-order valence-corrected chi connectivity index (χ2v) is 1.91. The van der Waals surface area contributed by atoms with Gasteiger partial charge in [0.25, 0.3) is 0 Å². The van der Waals surface area contributed by atoms with Crippen LogP contribution in [0.2, 0.25) is 0 Å². The van der Waals surface area contributed by atoms with Crippen LogP contribution in [0.4, 0.5) is 5.69 Å². The molecule has 1 aromatic rings. The first kappa shape index (κ1) is 4.65. The number of thiophene rings is 1. The third-order valence-corrected chi connectivity index (χ3v) is 1.38. The maximum atomic E-state index is 2.99. The van der Waals surface area contributed by atoms with Gasteiger partial charge in [-0.25, -0.2) is 0 Å². The zero-order chi connectivity index (χ0) is 5.11. The number of rotatable bonds is 1. The summed E-state index contributed by atoms with van der Waals surface area (Å²) in [5.41, 5.74) is 1.14. The minimum Gasteiger partial charge on any atom is -0.387 e. The van der Waals surface area contributed by atoms with Crippen LogP contribution in [0.15, 0.2) is 11.4 Å². The fourth-order valence-electron chi connectivity index (χ4n) is 0.360. The SMILES string of the molecule is CNc1c[c]sc1. The van der Waals surface area contributed by atoms with Crippen molar-refractivity contribution in [2.75, 3.05) is 12.4 Å². The molecule has 1 nitrogen and oxygen atoms in total. The van der Waals surface area contributed by atoms with Gasteiger partial charge in [0.2, 0.25) is 0 Å². The van der Waals surface area contributed by atoms with Gasteiger partial charge >= 0.3 is 0 Å². The minimum atomic E-state index is 1.14. The van der Waals surface area contributed by atoms with Crippen LogP contribution < -0.4 is 5.32 Å². The van der Waals surface area contributed by atoms with Gasteiger partial charge in [0.15, 0.2) is 0 Å². The molecule has 0 spiro atoms. The Labute approximate surface area is 47.0 Å². The second kappa shape index (κ2) is 1.98. The largest absolute Gasteiger partial charge is 0.387 e. The highest BCUT2D eigenvalue weighted by atomic mass is 32.1. The molecule has 0 aliphatic heterocycles. The molecule has 0 fully saturated rings. The maximum Gasteiger partial charge on any atom is 0.0464 e. The Kier molecular flexibility index (Phi) is 1.32. The molecule has 0 amide bonds. The third-order valence-electron chi connectivity index (χ3n) is 0.757. The van der Waals surface area contributed by atoms with Gasteiger partial charge in [0.05, 0.1) is 0 Å². The summed E-state index contributed by atoms with van der Waals surface area (Å²) in [4.78, 5) is 0. The van der Waals surface area contributed by atoms with Crippen molar-refractivity contribution in [2.45, 2.75) is 0 Å². The number of hydrogen-bond donors (Lipinski definition) is 1. The summed E-state index contributed by atoms with van der Waals surface area (Å²) >= 11 is 1.58. The molecule has 1 heterocycles. The molecule has 0 aromatic carbocycles. The molecule has 0 unspecified atom stereocenters. The first-order chi connectivity index (χ1) is 3.43. The van der Waals surface area contributed by atoms with E-state index in [2.05, 4.69) is 10.7 Å². The van der Waals surface area contributed by atoms with Crippen LogP contribution in [-0.4, -0.2) is 7.05 Å². The summed E-state index contributed by atoms with van der Waals surface area (Å²) in [6, 6.07) is 1.92. The molecule has 1 rings (SSSR count). The lowest BCUT2D eigenvalue weighted by Crippen LogP contribution is -1.81. The van der Waals surface area contributed by atoms with Crippen LogP contribution in [0, 0.1) is 5.38 Å². The van der Waals surface area contributed by atoms with E-state index in [4.69, 9.17) is 0 Å². The van der Waals surface area contributed by atoms with Gasteiger partial charge in [-0.3, -0.25) is 0 Å². The molecule has 2 heteroatoms. The topological polar surface area (TPSA) is 12.0 Å². The normalized spacial score (nSPS) is 8.71. The zero-order valence-electron chi connectivity index (χ0n) is 4.06. The first-order valence-electron chi connectivity index (χ1n) is 2.06. The molecular weight excluding hydrogens is 106 g/mol. The van der Waals surface area contributed by atoms with Gasteiger partial charge in [-0.1, -0.05) is 0 Å². The van der Waals surface area contributed by atoms with Crippen molar-refractivity contribution in [2.24, 2.45) is 0 Å². The maximum absolute atomic E-state index is 2.99. The van der Waals surface area contributed by atoms with E-state index in [1.54, 1.807) is 11.3 Å². The summed E-state index contributed by atoms with van der Waals surface area (Å²) in [5, 5.41) is 7.96. The van der Waals surface area contributed by atoms with Crippen LogP contribution in [0.25, 0.3) is 0 Å². The highest BCUT2D eigenvalue weighted by Gasteiger charge is 1.81. The average molecular weight is 112 g/mol. The van der Waals surface area contributed by atoms with Gasteiger partial charge < -0.3 is 5.32 Å². The predicted molar refractivity (Wildman–Crippen MR) is 32.7 cm³/mol. The predicted octanol–water partition coefficient (Wildman–Crippen LogP) is 1.59. The first-order valence-corrected chi connectivity index (χ1v) is 2.94. The van der Waals surface area contributed by atoms with Crippen LogP contribution in [-0.2, 0) is 0 Å². The van der Waals surface area contributed by atoms with E-state index in [1.807, 2.05) is 18.5 Å². The average Bonchev–Trinajstić information content (AvgIpc) is 2.14. The summed E-state index contributed by atoms with van der Waals surface area (Å²) < 4.78 is 0. The van der Waals surface area contributed by atoms with E-state index in [0.717, 1.165) is 5.69 Å². The Balaban J connectivity index is 2.76. The fourth-order valence-corrected chi connectivity index (χ4v) is 0.936. The van der Waals surface area contributed by atoms with Crippen molar-refractivity contribution in [3.8, 4) is 0 Å². The molecule has 37 valence electrons. The molecule has 1 N–H and O–H groups in total.